The van der Waals surface area contributed by atoms with E-state index in [2.05, 4.69) is 5.32 Å². The summed E-state index contributed by atoms with van der Waals surface area (Å²) in [6.07, 6.45) is 1.04. The molecule has 0 aliphatic carbocycles. The number of nitrogens with one attached hydrogen (secondary N) is 1. The largest absolute Gasteiger partial charge is 0.477 e. The van der Waals surface area contributed by atoms with Crippen LogP contribution in [0.15, 0.2) is 35.3 Å². The molecule has 0 aliphatic heterocycles. The van der Waals surface area contributed by atoms with E-state index < -0.39 is 51.4 Å². The Labute approximate surface area is 169 Å². The zero-order valence-corrected chi connectivity index (χ0v) is 16.3. The summed E-state index contributed by atoms with van der Waals surface area (Å²) in [6.45, 7) is 3.43. The molecule has 1 aromatic heterocycles. The van der Waals surface area contributed by atoms with Gasteiger partial charge in [-0.25, -0.2) is 13.6 Å². The SMILES string of the molecule is CC(C)n1cc(C(=O)O)c(=O)c2c(N)c(F)c(NCc3ccc(Cl)cc3)c(F)c21. The van der Waals surface area contributed by atoms with Crippen molar-refractivity contribution in [2.24, 2.45) is 0 Å². The van der Waals surface area contributed by atoms with E-state index in [0.717, 1.165) is 6.20 Å². The highest BCUT2D eigenvalue weighted by molar-refractivity contribution is 6.30. The van der Waals surface area contributed by atoms with Crippen LogP contribution in [0.5, 0.6) is 0 Å². The van der Waals surface area contributed by atoms with Crippen LogP contribution in [-0.2, 0) is 6.54 Å². The van der Waals surface area contributed by atoms with Crippen LogP contribution in [0, 0.1) is 11.6 Å². The first-order valence-electron chi connectivity index (χ1n) is 8.70. The summed E-state index contributed by atoms with van der Waals surface area (Å²) >= 11 is 5.83. The number of carbonyl (C=O) groups is 1. The van der Waals surface area contributed by atoms with Gasteiger partial charge in [-0.15, -0.1) is 0 Å². The van der Waals surface area contributed by atoms with E-state index in [1.807, 2.05) is 0 Å². The van der Waals surface area contributed by atoms with Crippen molar-refractivity contribution < 1.29 is 18.7 Å². The molecular formula is C20H18ClF2N3O3. The maximum Gasteiger partial charge on any atom is 0.341 e. The van der Waals surface area contributed by atoms with Crippen molar-refractivity contribution in [1.82, 2.24) is 4.57 Å². The van der Waals surface area contributed by atoms with E-state index in [1.54, 1.807) is 38.1 Å². The number of hydrogen-bond donors (Lipinski definition) is 3. The zero-order chi connectivity index (χ0) is 21.5. The number of benzene rings is 2. The molecule has 0 aliphatic rings. The van der Waals surface area contributed by atoms with Crippen LogP contribution in [0.2, 0.25) is 5.02 Å². The number of nitrogen functional groups attached to an aromatic ring is 1. The van der Waals surface area contributed by atoms with Gasteiger partial charge in [0.15, 0.2) is 11.6 Å². The van der Waals surface area contributed by atoms with Crippen molar-refractivity contribution in [3.63, 3.8) is 0 Å². The van der Waals surface area contributed by atoms with Crippen LogP contribution in [0.4, 0.5) is 20.2 Å². The van der Waals surface area contributed by atoms with E-state index in [0.29, 0.717) is 10.6 Å². The maximum atomic E-state index is 15.3. The Morgan fingerprint density at radius 1 is 1.24 bits per heavy atom. The number of pyridine rings is 1. The quantitative estimate of drug-likeness (QED) is 0.530. The Hall–Kier alpha value is -3.13. The van der Waals surface area contributed by atoms with Crippen molar-refractivity contribution in [3.8, 4) is 0 Å². The fraction of sp³-hybridized carbons (Fsp3) is 0.200. The number of halogens is 3. The van der Waals surface area contributed by atoms with Crippen molar-refractivity contribution in [3.05, 3.63) is 68.5 Å². The number of carboxylic acid groups (broad SMARTS) is 1. The number of nitrogens with zero attached hydrogens (tertiary/aromatic N) is 1. The minimum absolute atomic E-state index is 0.0784. The lowest BCUT2D eigenvalue weighted by Crippen LogP contribution is -2.22. The van der Waals surface area contributed by atoms with Gasteiger partial charge in [0, 0.05) is 23.8 Å². The molecule has 3 rings (SSSR count). The maximum absolute atomic E-state index is 15.3. The second-order valence-corrected chi connectivity index (χ2v) is 7.23. The summed E-state index contributed by atoms with van der Waals surface area (Å²) in [5.41, 5.74) is 3.51. The summed E-state index contributed by atoms with van der Waals surface area (Å²) in [4.78, 5) is 24.0. The molecule has 0 saturated heterocycles. The Kier molecular flexibility index (Phi) is 5.48. The number of aromatic carboxylic acids is 1. The molecule has 0 bridgehead atoms. The second kappa shape index (κ2) is 7.71. The minimum Gasteiger partial charge on any atom is -0.477 e. The minimum atomic E-state index is -1.50. The van der Waals surface area contributed by atoms with Crippen LogP contribution in [0.1, 0.15) is 35.8 Å². The molecule has 29 heavy (non-hydrogen) atoms. The van der Waals surface area contributed by atoms with E-state index in [4.69, 9.17) is 17.3 Å². The van der Waals surface area contributed by atoms with Gasteiger partial charge in [0.2, 0.25) is 5.43 Å². The van der Waals surface area contributed by atoms with Gasteiger partial charge in [-0.3, -0.25) is 4.79 Å². The summed E-state index contributed by atoms with van der Waals surface area (Å²) in [5.74, 6) is -3.68. The standard InChI is InChI=1S/C20H18ClF2N3O3/c1-9(2)26-8-12(20(28)29)19(27)13-16(24)14(22)17(15(23)18(13)26)25-7-10-3-5-11(21)6-4-10/h3-6,8-9,25H,7,24H2,1-2H3,(H,28,29). The first kappa shape index (κ1) is 20.6. The van der Waals surface area contributed by atoms with Gasteiger partial charge >= 0.3 is 5.97 Å². The topological polar surface area (TPSA) is 97.4 Å². The van der Waals surface area contributed by atoms with Gasteiger partial charge in [-0.2, -0.15) is 0 Å². The Morgan fingerprint density at radius 3 is 2.41 bits per heavy atom. The van der Waals surface area contributed by atoms with Crippen LogP contribution in [0.3, 0.4) is 0 Å². The lowest BCUT2D eigenvalue weighted by atomic mass is 10.1. The number of fused-ring (bicyclic) bond motifs is 1. The fourth-order valence-electron chi connectivity index (χ4n) is 3.07. The van der Waals surface area contributed by atoms with E-state index >= 15 is 4.39 Å². The molecule has 3 aromatic rings. The highest BCUT2D eigenvalue weighted by atomic mass is 35.5. The van der Waals surface area contributed by atoms with Gasteiger partial charge in [0.05, 0.1) is 16.6 Å². The monoisotopic (exact) mass is 421 g/mol. The molecule has 152 valence electrons. The first-order chi connectivity index (χ1) is 13.6. The molecule has 0 unspecified atom stereocenters. The van der Waals surface area contributed by atoms with Gasteiger partial charge in [0.25, 0.3) is 0 Å². The van der Waals surface area contributed by atoms with Crippen molar-refractivity contribution in [2.75, 3.05) is 11.1 Å². The highest BCUT2D eigenvalue weighted by Gasteiger charge is 2.26. The van der Waals surface area contributed by atoms with E-state index in [1.165, 1.54) is 4.57 Å². The lowest BCUT2D eigenvalue weighted by molar-refractivity contribution is 0.0694. The fourth-order valence-corrected chi connectivity index (χ4v) is 3.20. The molecule has 0 amide bonds. The predicted octanol–water partition coefficient (Wildman–Crippen LogP) is 4.41. The predicted molar refractivity (Wildman–Crippen MR) is 109 cm³/mol. The smallest absolute Gasteiger partial charge is 0.341 e. The number of carboxylic acids is 1. The van der Waals surface area contributed by atoms with Gasteiger partial charge in [-0.1, -0.05) is 23.7 Å². The average molecular weight is 422 g/mol. The average Bonchev–Trinajstić information content (AvgIpc) is 2.66. The number of hydrogen-bond acceptors (Lipinski definition) is 4. The molecule has 4 N–H and O–H groups in total. The Bertz CT molecular complexity index is 1170. The highest BCUT2D eigenvalue weighted by Crippen LogP contribution is 2.34. The molecule has 2 aromatic carbocycles. The normalized spacial score (nSPS) is 11.2. The van der Waals surface area contributed by atoms with Gasteiger partial charge in [0.1, 0.15) is 11.3 Å². The van der Waals surface area contributed by atoms with Gasteiger partial charge in [-0.05, 0) is 31.5 Å². The third-order valence-electron chi connectivity index (χ3n) is 4.56. The van der Waals surface area contributed by atoms with Crippen molar-refractivity contribution >= 4 is 39.8 Å². The molecule has 1 heterocycles. The van der Waals surface area contributed by atoms with Crippen molar-refractivity contribution in [1.29, 1.82) is 0 Å². The molecule has 9 heteroatoms. The summed E-state index contributed by atoms with van der Waals surface area (Å²) < 4.78 is 31.4. The van der Waals surface area contributed by atoms with Crippen LogP contribution in [-0.4, -0.2) is 15.6 Å². The number of anilines is 2. The molecular weight excluding hydrogens is 404 g/mol. The molecule has 0 spiro atoms. The lowest BCUT2D eigenvalue weighted by Gasteiger charge is -2.20. The number of nitrogens with two attached hydrogens (primary N) is 1. The van der Waals surface area contributed by atoms with E-state index in [9.17, 15) is 19.1 Å². The number of aromatic nitrogens is 1. The third-order valence-corrected chi connectivity index (χ3v) is 4.81. The molecule has 0 fully saturated rings. The van der Waals surface area contributed by atoms with Crippen LogP contribution in [0.25, 0.3) is 10.9 Å². The first-order valence-corrected chi connectivity index (χ1v) is 9.08. The Morgan fingerprint density at radius 2 is 1.86 bits per heavy atom. The summed E-state index contributed by atoms with van der Waals surface area (Å²) in [6, 6.07) is 6.25. The van der Waals surface area contributed by atoms with Gasteiger partial charge < -0.3 is 20.7 Å². The molecule has 6 nitrogen and oxygen atoms in total. The van der Waals surface area contributed by atoms with Crippen LogP contribution < -0.4 is 16.5 Å². The number of rotatable bonds is 5. The third kappa shape index (κ3) is 3.63. The molecule has 0 atom stereocenters. The molecule has 0 saturated carbocycles. The summed E-state index contributed by atoms with van der Waals surface area (Å²) in [5, 5.41) is 12.0. The molecule has 0 radical (unpaired) electrons. The van der Waals surface area contributed by atoms with E-state index in [-0.39, 0.29) is 12.1 Å². The zero-order valence-electron chi connectivity index (χ0n) is 15.6. The Balaban J connectivity index is 2.24. The van der Waals surface area contributed by atoms with Crippen molar-refractivity contribution in [2.45, 2.75) is 26.4 Å². The summed E-state index contributed by atoms with van der Waals surface area (Å²) in [7, 11) is 0. The second-order valence-electron chi connectivity index (χ2n) is 6.80. The van der Waals surface area contributed by atoms with Crippen LogP contribution >= 0.6 is 11.6 Å².